The lowest BCUT2D eigenvalue weighted by molar-refractivity contribution is -0.118. The molecule has 5 nitrogen and oxygen atoms in total. The summed E-state index contributed by atoms with van der Waals surface area (Å²) in [5.74, 6) is 0.478. The standard InChI is InChI=1S/C14H27N3O2/c1-11(2)9-16-13(18)17-7-8-19-14(10-17)5-3-12(15)4-6-14/h11-12H,3-10,15H2,1-2H3,(H,16,18). The van der Waals surface area contributed by atoms with Crippen LogP contribution in [0.4, 0.5) is 4.79 Å². The van der Waals surface area contributed by atoms with E-state index in [1.165, 1.54) is 0 Å². The molecule has 1 saturated heterocycles. The predicted molar refractivity (Wildman–Crippen MR) is 74.9 cm³/mol. The summed E-state index contributed by atoms with van der Waals surface area (Å²) in [6.07, 6.45) is 3.95. The SMILES string of the molecule is CC(C)CNC(=O)N1CCOC2(CCC(N)CC2)C1. The summed E-state index contributed by atoms with van der Waals surface area (Å²) in [5.41, 5.74) is 5.82. The second kappa shape index (κ2) is 6.09. The molecule has 0 radical (unpaired) electrons. The van der Waals surface area contributed by atoms with Crippen molar-refractivity contribution in [1.29, 1.82) is 0 Å². The van der Waals surface area contributed by atoms with Crippen LogP contribution < -0.4 is 11.1 Å². The summed E-state index contributed by atoms with van der Waals surface area (Å²) in [5, 5.41) is 2.99. The fraction of sp³-hybridized carbons (Fsp3) is 0.929. The molecule has 19 heavy (non-hydrogen) atoms. The van der Waals surface area contributed by atoms with Gasteiger partial charge in [0, 0.05) is 19.1 Å². The van der Waals surface area contributed by atoms with Gasteiger partial charge in [0.05, 0.1) is 18.8 Å². The van der Waals surface area contributed by atoms with Gasteiger partial charge in [-0.25, -0.2) is 4.79 Å². The van der Waals surface area contributed by atoms with Crippen LogP contribution in [0.2, 0.25) is 0 Å². The first-order chi connectivity index (χ1) is 9.01. The summed E-state index contributed by atoms with van der Waals surface area (Å²) in [6.45, 7) is 6.98. The first-order valence-electron chi connectivity index (χ1n) is 7.43. The summed E-state index contributed by atoms with van der Waals surface area (Å²) in [6, 6.07) is 0.352. The van der Waals surface area contributed by atoms with Crippen LogP contribution in [-0.4, -0.2) is 48.8 Å². The van der Waals surface area contributed by atoms with Gasteiger partial charge in [0.15, 0.2) is 0 Å². The molecule has 0 unspecified atom stereocenters. The summed E-state index contributed by atoms with van der Waals surface area (Å²) >= 11 is 0. The first kappa shape index (κ1) is 14.6. The minimum absolute atomic E-state index is 0.0475. The number of morpholine rings is 1. The number of hydrogen-bond donors (Lipinski definition) is 2. The normalized spacial score (nSPS) is 31.8. The number of carbonyl (C=O) groups excluding carboxylic acids is 1. The highest BCUT2D eigenvalue weighted by atomic mass is 16.5. The Kier molecular flexibility index (Phi) is 4.68. The van der Waals surface area contributed by atoms with Crippen molar-refractivity contribution in [2.75, 3.05) is 26.2 Å². The van der Waals surface area contributed by atoms with Crippen molar-refractivity contribution in [2.24, 2.45) is 11.7 Å². The summed E-state index contributed by atoms with van der Waals surface area (Å²) in [4.78, 5) is 14.0. The average Bonchev–Trinajstić information content (AvgIpc) is 2.40. The van der Waals surface area contributed by atoms with Crippen LogP contribution >= 0.6 is 0 Å². The summed E-state index contributed by atoms with van der Waals surface area (Å²) in [7, 11) is 0. The van der Waals surface area contributed by atoms with Gasteiger partial charge in [0.1, 0.15) is 0 Å². The van der Waals surface area contributed by atoms with E-state index in [1.807, 2.05) is 4.90 Å². The third-order valence-corrected chi connectivity index (χ3v) is 4.14. The number of carbonyl (C=O) groups is 1. The molecule has 1 saturated carbocycles. The van der Waals surface area contributed by atoms with Gasteiger partial charge in [-0.1, -0.05) is 13.8 Å². The van der Waals surface area contributed by atoms with Crippen molar-refractivity contribution < 1.29 is 9.53 Å². The van der Waals surface area contributed by atoms with Crippen molar-refractivity contribution in [3.63, 3.8) is 0 Å². The van der Waals surface area contributed by atoms with E-state index in [1.54, 1.807) is 0 Å². The number of nitrogens with two attached hydrogens (primary N) is 1. The number of amides is 2. The van der Waals surface area contributed by atoms with Crippen molar-refractivity contribution in [3.8, 4) is 0 Å². The Morgan fingerprint density at radius 2 is 2.16 bits per heavy atom. The van der Waals surface area contributed by atoms with Crippen LogP contribution in [0.15, 0.2) is 0 Å². The van der Waals surface area contributed by atoms with Crippen LogP contribution in [0.25, 0.3) is 0 Å². The van der Waals surface area contributed by atoms with E-state index in [4.69, 9.17) is 10.5 Å². The molecule has 0 aromatic rings. The van der Waals surface area contributed by atoms with E-state index < -0.39 is 0 Å². The molecule has 5 heteroatoms. The Labute approximate surface area is 115 Å². The smallest absolute Gasteiger partial charge is 0.317 e. The molecule has 1 spiro atoms. The molecule has 3 N–H and O–H groups in total. The van der Waals surface area contributed by atoms with Crippen molar-refractivity contribution in [3.05, 3.63) is 0 Å². The molecule has 1 heterocycles. The molecular formula is C14H27N3O2. The maximum absolute atomic E-state index is 12.1. The molecule has 0 bridgehead atoms. The van der Waals surface area contributed by atoms with Gasteiger partial charge in [-0.15, -0.1) is 0 Å². The highest BCUT2D eigenvalue weighted by Gasteiger charge is 2.40. The van der Waals surface area contributed by atoms with E-state index in [9.17, 15) is 4.79 Å². The zero-order valence-corrected chi connectivity index (χ0v) is 12.2. The van der Waals surface area contributed by atoms with Crippen molar-refractivity contribution >= 4 is 6.03 Å². The fourth-order valence-corrected chi connectivity index (χ4v) is 2.89. The Hall–Kier alpha value is -0.810. The number of nitrogens with zero attached hydrogens (tertiary/aromatic N) is 1. The third-order valence-electron chi connectivity index (χ3n) is 4.14. The van der Waals surface area contributed by atoms with E-state index in [0.717, 1.165) is 32.2 Å². The first-order valence-corrected chi connectivity index (χ1v) is 7.43. The number of urea groups is 1. The van der Waals surface area contributed by atoms with Crippen LogP contribution in [0.3, 0.4) is 0 Å². The molecule has 2 fully saturated rings. The molecule has 0 aromatic carbocycles. The summed E-state index contributed by atoms with van der Waals surface area (Å²) < 4.78 is 5.98. The van der Waals surface area contributed by atoms with Gasteiger partial charge in [-0.3, -0.25) is 0 Å². The van der Waals surface area contributed by atoms with Gasteiger partial charge in [0.2, 0.25) is 0 Å². The van der Waals surface area contributed by atoms with Crippen LogP contribution in [0.5, 0.6) is 0 Å². The molecule has 2 rings (SSSR count). The van der Waals surface area contributed by atoms with Crippen LogP contribution in [-0.2, 0) is 4.74 Å². The molecule has 0 aromatic heterocycles. The Bertz CT molecular complexity index is 312. The lowest BCUT2D eigenvalue weighted by Gasteiger charge is -2.46. The van der Waals surface area contributed by atoms with Crippen molar-refractivity contribution in [1.82, 2.24) is 10.2 Å². The van der Waals surface area contributed by atoms with E-state index in [2.05, 4.69) is 19.2 Å². The van der Waals surface area contributed by atoms with Gasteiger partial charge in [-0.2, -0.15) is 0 Å². The molecule has 0 atom stereocenters. The largest absolute Gasteiger partial charge is 0.371 e. The average molecular weight is 269 g/mol. The van der Waals surface area contributed by atoms with Crippen LogP contribution in [0, 0.1) is 5.92 Å². The zero-order valence-electron chi connectivity index (χ0n) is 12.2. The number of rotatable bonds is 2. The molecule has 1 aliphatic carbocycles. The number of ether oxygens (including phenoxy) is 1. The Morgan fingerprint density at radius 3 is 2.79 bits per heavy atom. The number of nitrogens with one attached hydrogen (secondary N) is 1. The second-order valence-corrected chi connectivity index (χ2v) is 6.37. The highest BCUT2D eigenvalue weighted by Crippen LogP contribution is 2.33. The fourth-order valence-electron chi connectivity index (χ4n) is 2.89. The quantitative estimate of drug-likeness (QED) is 0.794. The Morgan fingerprint density at radius 1 is 1.47 bits per heavy atom. The lowest BCUT2D eigenvalue weighted by atomic mass is 9.81. The second-order valence-electron chi connectivity index (χ2n) is 6.37. The van der Waals surface area contributed by atoms with Crippen LogP contribution in [0.1, 0.15) is 39.5 Å². The lowest BCUT2D eigenvalue weighted by Crippen LogP contribution is -2.58. The molecule has 110 valence electrons. The van der Waals surface area contributed by atoms with Gasteiger partial charge < -0.3 is 20.7 Å². The monoisotopic (exact) mass is 269 g/mol. The van der Waals surface area contributed by atoms with E-state index >= 15 is 0 Å². The van der Waals surface area contributed by atoms with E-state index in [0.29, 0.717) is 31.7 Å². The topological polar surface area (TPSA) is 67.6 Å². The predicted octanol–water partition coefficient (Wildman–Crippen LogP) is 1.32. The molecular weight excluding hydrogens is 242 g/mol. The van der Waals surface area contributed by atoms with Gasteiger partial charge in [-0.05, 0) is 31.6 Å². The minimum atomic E-state index is -0.136. The molecule has 2 amide bonds. The van der Waals surface area contributed by atoms with Gasteiger partial charge in [0.25, 0.3) is 0 Å². The Balaban J connectivity index is 1.88. The highest BCUT2D eigenvalue weighted by molar-refractivity contribution is 5.74. The van der Waals surface area contributed by atoms with Crippen molar-refractivity contribution in [2.45, 2.75) is 51.2 Å². The maximum atomic E-state index is 12.1. The zero-order chi connectivity index (χ0) is 13.9. The third kappa shape index (κ3) is 3.83. The maximum Gasteiger partial charge on any atom is 0.317 e. The molecule has 2 aliphatic rings. The number of hydrogen-bond acceptors (Lipinski definition) is 3. The van der Waals surface area contributed by atoms with Gasteiger partial charge >= 0.3 is 6.03 Å². The molecule has 1 aliphatic heterocycles. The van der Waals surface area contributed by atoms with E-state index in [-0.39, 0.29) is 11.6 Å². The minimum Gasteiger partial charge on any atom is -0.371 e.